The highest BCUT2D eigenvalue weighted by Crippen LogP contribution is 2.37. The van der Waals surface area contributed by atoms with Crippen LogP contribution < -0.4 is 10.6 Å². The van der Waals surface area contributed by atoms with Gasteiger partial charge in [-0.2, -0.15) is 5.26 Å². The molecule has 2 N–H and O–H groups in total. The van der Waals surface area contributed by atoms with Crippen LogP contribution in [0.1, 0.15) is 17.2 Å². The Morgan fingerprint density at radius 1 is 1.21 bits per heavy atom. The Bertz CT molecular complexity index is 1140. The first-order valence-electron chi connectivity index (χ1n) is 9.03. The van der Waals surface area contributed by atoms with Crippen LogP contribution in [0.2, 0.25) is 0 Å². The highest BCUT2D eigenvalue weighted by atomic mass is 32.2. The number of hydrogen-bond donors (Lipinski definition) is 2. The number of hydrogen-bond acceptors (Lipinski definition) is 5. The third kappa shape index (κ3) is 4.19. The first-order chi connectivity index (χ1) is 14.2. The summed E-state index contributed by atoms with van der Waals surface area (Å²) in [4.78, 5) is 25.7. The van der Waals surface area contributed by atoms with Gasteiger partial charge in [0.25, 0.3) is 0 Å². The van der Waals surface area contributed by atoms with Crippen LogP contribution in [0, 0.1) is 11.3 Å². The number of fused-ring (bicyclic) bond motifs is 1. The highest BCUT2D eigenvalue weighted by molar-refractivity contribution is 8.03. The van der Waals surface area contributed by atoms with Gasteiger partial charge in [0, 0.05) is 28.3 Å². The molecular formula is C22H17N3O2S2. The summed E-state index contributed by atoms with van der Waals surface area (Å²) in [6.45, 7) is 0. The number of allylic oxidation sites excluding steroid dienone is 1. The van der Waals surface area contributed by atoms with Crippen LogP contribution in [0.4, 0.5) is 5.69 Å². The summed E-state index contributed by atoms with van der Waals surface area (Å²) in [5, 5.41) is 19.8. The molecular weight excluding hydrogens is 402 g/mol. The number of carbonyl (C=O) groups excluding carboxylic acids is 2. The maximum atomic E-state index is 12.5. The van der Waals surface area contributed by atoms with Crippen LogP contribution in [-0.2, 0) is 9.59 Å². The molecule has 0 radical (unpaired) electrons. The van der Waals surface area contributed by atoms with Crippen molar-refractivity contribution < 1.29 is 9.59 Å². The molecule has 3 aromatic rings. The molecule has 0 saturated carbocycles. The second-order valence-corrected chi connectivity index (χ2v) is 8.50. The SMILES string of the molecule is N#CC1=C(SCC(=O)Nc2cccc3ccccc23)NC(=O)C[C@@H]1c1cccs1. The quantitative estimate of drug-likeness (QED) is 0.633. The number of rotatable bonds is 5. The van der Waals surface area contributed by atoms with Crippen molar-refractivity contribution in [2.24, 2.45) is 0 Å². The first kappa shape index (κ1) is 19.2. The zero-order chi connectivity index (χ0) is 20.2. The van der Waals surface area contributed by atoms with Crippen LogP contribution in [0.25, 0.3) is 10.8 Å². The fourth-order valence-electron chi connectivity index (χ4n) is 3.32. The van der Waals surface area contributed by atoms with E-state index in [2.05, 4.69) is 16.7 Å². The molecule has 2 heterocycles. The maximum absolute atomic E-state index is 12.5. The van der Waals surface area contributed by atoms with E-state index in [-0.39, 0.29) is 29.9 Å². The minimum atomic E-state index is -0.252. The molecule has 1 aliphatic rings. The van der Waals surface area contributed by atoms with Gasteiger partial charge in [0.1, 0.15) is 0 Å². The normalized spacial score (nSPS) is 16.4. The van der Waals surface area contributed by atoms with Gasteiger partial charge in [-0.3, -0.25) is 9.59 Å². The number of nitriles is 1. The van der Waals surface area contributed by atoms with E-state index >= 15 is 0 Å². The molecule has 1 aromatic heterocycles. The zero-order valence-corrected chi connectivity index (χ0v) is 17.0. The lowest BCUT2D eigenvalue weighted by Gasteiger charge is -2.23. The number of amides is 2. The van der Waals surface area contributed by atoms with Crippen LogP contribution in [0.5, 0.6) is 0 Å². The summed E-state index contributed by atoms with van der Waals surface area (Å²) in [7, 11) is 0. The molecule has 0 aliphatic carbocycles. The number of carbonyl (C=O) groups is 2. The maximum Gasteiger partial charge on any atom is 0.234 e. The molecule has 0 spiro atoms. The summed E-state index contributed by atoms with van der Waals surface area (Å²) < 4.78 is 0. The lowest BCUT2D eigenvalue weighted by molar-refractivity contribution is -0.121. The third-order valence-corrected chi connectivity index (χ3v) is 6.66. The lowest BCUT2D eigenvalue weighted by atomic mass is 9.93. The summed E-state index contributed by atoms with van der Waals surface area (Å²) in [5.74, 6) is -0.485. The van der Waals surface area contributed by atoms with E-state index in [0.717, 1.165) is 21.3 Å². The van der Waals surface area contributed by atoms with Gasteiger partial charge in [0.05, 0.1) is 22.4 Å². The molecule has 5 nitrogen and oxygen atoms in total. The molecule has 144 valence electrons. The standard InChI is InChI=1S/C22H17N3O2S2/c23-12-17-16(19-9-4-10-28-19)11-20(26)25-22(17)29-13-21(27)24-18-8-3-6-14-5-1-2-7-15(14)18/h1-10,16H,11,13H2,(H,24,27)(H,25,26)/t16-/m0/s1. The summed E-state index contributed by atoms with van der Waals surface area (Å²) in [6.07, 6.45) is 0.246. The molecule has 2 aromatic carbocycles. The Balaban J connectivity index is 1.50. The molecule has 0 bridgehead atoms. The summed E-state index contributed by atoms with van der Waals surface area (Å²) in [5.41, 5.74) is 1.25. The zero-order valence-electron chi connectivity index (χ0n) is 15.3. The second kappa shape index (κ2) is 8.52. The second-order valence-electron chi connectivity index (χ2n) is 6.54. The Hall–Kier alpha value is -3.08. The predicted octanol–water partition coefficient (Wildman–Crippen LogP) is 4.61. The van der Waals surface area contributed by atoms with Gasteiger partial charge in [0.2, 0.25) is 11.8 Å². The van der Waals surface area contributed by atoms with Crippen molar-refractivity contribution in [2.45, 2.75) is 12.3 Å². The number of nitrogens with one attached hydrogen (secondary N) is 2. The topological polar surface area (TPSA) is 82.0 Å². The fourth-order valence-corrected chi connectivity index (χ4v) is 5.04. The number of benzene rings is 2. The molecule has 1 aliphatic heterocycles. The molecule has 4 rings (SSSR count). The Kier molecular flexibility index (Phi) is 5.65. The van der Waals surface area contributed by atoms with E-state index in [4.69, 9.17) is 0 Å². The Morgan fingerprint density at radius 2 is 2.03 bits per heavy atom. The molecule has 0 fully saturated rings. The van der Waals surface area contributed by atoms with Gasteiger partial charge in [0.15, 0.2) is 0 Å². The van der Waals surface area contributed by atoms with Crippen LogP contribution in [-0.4, -0.2) is 17.6 Å². The first-order valence-corrected chi connectivity index (χ1v) is 10.9. The molecule has 1 atom stereocenters. The van der Waals surface area contributed by atoms with Crippen molar-refractivity contribution in [1.29, 1.82) is 5.26 Å². The van der Waals surface area contributed by atoms with Crippen molar-refractivity contribution in [3.8, 4) is 6.07 Å². The van der Waals surface area contributed by atoms with Crippen LogP contribution in [0.3, 0.4) is 0 Å². The van der Waals surface area contributed by atoms with Gasteiger partial charge in [-0.25, -0.2) is 0 Å². The minimum absolute atomic E-state index is 0.0984. The lowest BCUT2D eigenvalue weighted by Crippen LogP contribution is -2.31. The molecule has 7 heteroatoms. The van der Waals surface area contributed by atoms with Gasteiger partial charge >= 0.3 is 0 Å². The van der Waals surface area contributed by atoms with E-state index in [9.17, 15) is 14.9 Å². The number of thioether (sulfide) groups is 1. The van der Waals surface area contributed by atoms with Gasteiger partial charge in [-0.05, 0) is 22.9 Å². The summed E-state index contributed by atoms with van der Waals surface area (Å²) in [6, 6.07) is 19.7. The van der Waals surface area contributed by atoms with Crippen molar-refractivity contribution in [1.82, 2.24) is 5.32 Å². The highest BCUT2D eigenvalue weighted by Gasteiger charge is 2.30. The smallest absolute Gasteiger partial charge is 0.234 e. The molecule has 2 amide bonds. The largest absolute Gasteiger partial charge is 0.325 e. The van der Waals surface area contributed by atoms with Crippen molar-refractivity contribution in [2.75, 3.05) is 11.1 Å². The third-order valence-electron chi connectivity index (χ3n) is 4.65. The van der Waals surface area contributed by atoms with E-state index in [0.29, 0.717) is 10.6 Å². The van der Waals surface area contributed by atoms with E-state index < -0.39 is 0 Å². The Labute approximate surface area is 176 Å². The minimum Gasteiger partial charge on any atom is -0.325 e. The summed E-state index contributed by atoms with van der Waals surface area (Å²) >= 11 is 2.71. The average molecular weight is 420 g/mol. The van der Waals surface area contributed by atoms with E-state index in [1.54, 1.807) is 0 Å². The number of thiophene rings is 1. The van der Waals surface area contributed by atoms with Crippen LogP contribution >= 0.6 is 23.1 Å². The van der Waals surface area contributed by atoms with Crippen molar-refractivity contribution in [3.05, 3.63) is 75.5 Å². The van der Waals surface area contributed by atoms with Gasteiger partial charge in [-0.1, -0.05) is 54.2 Å². The van der Waals surface area contributed by atoms with E-state index in [1.165, 1.54) is 23.1 Å². The fraction of sp³-hybridized carbons (Fsp3) is 0.136. The number of anilines is 1. The van der Waals surface area contributed by atoms with E-state index in [1.807, 2.05) is 60.0 Å². The predicted molar refractivity (Wildman–Crippen MR) is 117 cm³/mol. The van der Waals surface area contributed by atoms with Crippen molar-refractivity contribution >= 4 is 51.4 Å². The Morgan fingerprint density at radius 3 is 2.83 bits per heavy atom. The molecule has 0 unspecified atom stereocenters. The van der Waals surface area contributed by atoms with Crippen LogP contribution in [0.15, 0.2) is 70.6 Å². The monoisotopic (exact) mass is 419 g/mol. The van der Waals surface area contributed by atoms with Crippen molar-refractivity contribution in [3.63, 3.8) is 0 Å². The average Bonchev–Trinajstić information content (AvgIpc) is 3.27. The molecule has 0 saturated heterocycles. The van der Waals surface area contributed by atoms with Gasteiger partial charge < -0.3 is 10.6 Å². The molecule has 29 heavy (non-hydrogen) atoms. The van der Waals surface area contributed by atoms with Gasteiger partial charge in [-0.15, -0.1) is 11.3 Å². The number of nitrogens with zero attached hydrogens (tertiary/aromatic N) is 1.